The van der Waals surface area contributed by atoms with Crippen molar-refractivity contribution in [3.8, 4) is 0 Å². The Morgan fingerprint density at radius 1 is 0.660 bits per heavy atom. The number of likely N-dealkylation sites (N-methyl/N-ethyl adjacent to an activating group) is 6. The van der Waals surface area contributed by atoms with Gasteiger partial charge in [0.05, 0.1) is 30.2 Å². The summed E-state index contributed by atoms with van der Waals surface area (Å²) in [6.45, 7) is 14.6. The van der Waals surface area contributed by atoms with E-state index >= 15 is 0 Å². The second kappa shape index (κ2) is 36.6. The Morgan fingerprint density at radius 2 is 1.31 bits per heavy atom. The number of halogens is 4. The van der Waals surface area contributed by atoms with Crippen LogP contribution in [0.4, 0.5) is 13.2 Å². The highest BCUT2D eigenvalue weighted by molar-refractivity contribution is 6.31. The number of fused-ring (bicyclic) bond motifs is 2. The molecule has 29 heteroatoms. The molecule has 0 spiro atoms. The number of amides is 12. The summed E-state index contributed by atoms with van der Waals surface area (Å²) in [7, 11) is 8.46. The van der Waals surface area contributed by atoms with Crippen molar-refractivity contribution in [3.05, 3.63) is 34.3 Å². The van der Waals surface area contributed by atoms with E-state index in [1.165, 1.54) is 84.7 Å². The van der Waals surface area contributed by atoms with Crippen molar-refractivity contribution in [2.75, 3.05) is 94.8 Å². The van der Waals surface area contributed by atoms with Gasteiger partial charge in [-0.05, 0) is 113 Å². The molecular formula is C68H106ClF3N12O13. The average Bonchev–Trinajstić information content (AvgIpc) is 1.35. The minimum absolute atomic E-state index is 0.0481. The molecule has 0 aromatic heterocycles. The van der Waals surface area contributed by atoms with Gasteiger partial charge < -0.3 is 64.8 Å². The maximum absolute atomic E-state index is 15.0. The summed E-state index contributed by atoms with van der Waals surface area (Å²) in [4.78, 5) is 186. The maximum Gasteiger partial charge on any atom is 0.417 e. The Kier molecular flexibility index (Phi) is 30.4. The molecule has 0 bridgehead atoms. The normalized spacial score (nSPS) is 26.4. The lowest BCUT2D eigenvalue weighted by atomic mass is 9.94. The van der Waals surface area contributed by atoms with E-state index in [1.54, 1.807) is 11.8 Å². The van der Waals surface area contributed by atoms with Crippen LogP contribution >= 0.6 is 11.6 Å². The van der Waals surface area contributed by atoms with Crippen LogP contribution in [0.5, 0.6) is 0 Å². The Balaban J connectivity index is 1.53. The minimum Gasteiger partial charge on any atom is -0.379 e. The number of alkyl halides is 3. The lowest BCUT2D eigenvalue weighted by Crippen LogP contribution is -2.65. The number of hydrogen-bond donors (Lipinski definition) is 3. The van der Waals surface area contributed by atoms with Gasteiger partial charge in [0.1, 0.15) is 54.4 Å². The van der Waals surface area contributed by atoms with Gasteiger partial charge in [-0.25, -0.2) is 0 Å². The first-order chi connectivity index (χ1) is 45.6. The Bertz CT molecular complexity index is 2970. The molecule has 0 aliphatic carbocycles. The molecule has 25 nitrogen and oxygen atoms in total. The number of carbonyl (C=O) groups is 12. The third kappa shape index (κ3) is 20.7. The molecule has 4 aliphatic heterocycles. The second-order valence-corrected chi connectivity index (χ2v) is 27.6. The quantitative estimate of drug-likeness (QED) is 0.219. The van der Waals surface area contributed by atoms with E-state index in [4.69, 9.17) is 16.3 Å². The highest BCUT2D eigenvalue weighted by Gasteiger charge is 2.47. The van der Waals surface area contributed by atoms with Crippen molar-refractivity contribution in [1.29, 1.82) is 0 Å². The fraction of sp³-hybridized carbons (Fsp3) is 0.735. The Labute approximate surface area is 574 Å². The first kappa shape index (κ1) is 80.6. The van der Waals surface area contributed by atoms with Crippen molar-refractivity contribution in [2.24, 2.45) is 17.8 Å². The molecule has 0 radical (unpaired) electrons. The van der Waals surface area contributed by atoms with Crippen LogP contribution in [0.25, 0.3) is 0 Å². The molecule has 4 aliphatic rings. The van der Waals surface area contributed by atoms with Gasteiger partial charge in [0, 0.05) is 88.0 Å². The Morgan fingerprint density at radius 3 is 1.90 bits per heavy atom. The number of aryl methyl sites for hydroxylation is 1. The fourth-order valence-corrected chi connectivity index (χ4v) is 13.2. The van der Waals surface area contributed by atoms with Gasteiger partial charge in [-0.15, -0.1) is 0 Å². The molecule has 3 N–H and O–H groups in total. The first-order valence-corrected chi connectivity index (χ1v) is 34.8. The molecule has 4 heterocycles. The molecule has 2 unspecified atom stereocenters. The number of rotatable bonds is 14. The fourth-order valence-electron chi connectivity index (χ4n) is 12.9. The summed E-state index contributed by atoms with van der Waals surface area (Å²) in [5, 5.41) is 7.89. The van der Waals surface area contributed by atoms with Crippen LogP contribution in [-0.2, 0) is 74.9 Å². The maximum atomic E-state index is 15.0. The molecule has 1 aromatic rings. The van der Waals surface area contributed by atoms with Crippen molar-refractivity contribution >= 4 is 82.5 Å². The van der Waals surface area contributed by atoms with E-state index in [-0.39, 0.29) is 83.7 Å². The predicted molar refractivity (Wildman–Crippen MR) is 356 cm³/mol. The van der Waals surface area contributed by atoms with E-state index in [0.717, 1.165) is 21.9 Å². The summed E-state index contributed by atoms with van der Waals surface area (Å²) in [6, 6.07) is -7.68. The number of hydrogen-bond acceptors (Lipinski definition) is 13. The molecule has 11 atom stereocenters. The average molecular weight is 1390 g/mol. The van der Waals surface area contributed by atoms with Gasteiger partial charge in [-0.3, -0.25) is 57.5 Å². The number of benzene rings is 1. The topological polar surface area (TPSA) is 279 Å². The molecular weight excluding hydrogens is 1290 g/mol. The summed E-state index contributed by atoms with van der Waals surface area (Å²) in [5.41, 5.74) is -0.760. The van der Waals surface area contributed by atoms with Crippen molar-refractivity contribution in [2.45, 2.75) is 212 Å². The van der Waals surface area contributed by atoms with Crippen LogP contribution in [-0.4, -0.2) is 264 Å². The number of nitrogens with zero attached hydrogens (tertiary/aromatic N) is 9. The summed E-state index contributed by atoms with van der Waals surface area (Å²) in [6.07, 6.45) is -1.23. The van der Waals surface area contributed by atoms with E-state index in [2.05, 4.69) is 16.0 Å². The summed E-state index contributed by atoms with van der Waals surface area (Å²) < 4.78 is 47.0. The third-order valence-corrected chi connectivity index (χ3v) is 20.1. The lowest BCUT2D eigenvalue weighted by molar-refractivity contribution is -0.161. The predicted octanol–water partition coefficient (Wildman–Crippen LogP) is 4.34. The second-order valence-electron chi connectivity index (χ2n) is 27.2. The molecule has 544 valence electrons. The standard InChI is InChI=1S/C68H106ClF3N12O13/c1-15-35-97-40-53-63(92)76(9)39-54(85)74-48(28-26-45-25-27-46(47(69)37-45)68(70,71)72)62(91)83-33-22-23-49(83)59(88)73-30-19-18-24-55(86)81(14)58(43(7)17-3)67(96)79(12)52(65(94)82-31-20-21-32-82)38-56(87)78(11)51(36-41(4)5)60(89)75-57(42(6)16-2)66(95)77(10)44(8)61(90)84-34-29-50(84)64(93)80(53)13/h25,27,37,41-44,48-53,57-58H,15-24,26,28-36,38-40H2,1-14H3,(H,73,88)(H,74,85)(H,75,89)/t42-,43-,44-,48-,49-,50?,51?,52-,53-,57-,58-/m0/s1. The molecule has 0 saturated carbocycles. The first-order valence-electron chi connectivity index (χ1n) is 34.4. The van der Waals surface area contributed by atoms with Crippen LogP contribution in [0.2, 0.25) is 5.02 Å². The van der Waals surface area contributed by atoms with Gasteiger partial charge >= 0.3 is 6.18 Å². The van der Waals surface area contributed by atoms with Gasteiger partial charge in [0.15, 0.2) is 0 Å². The molecule has 1 aromatic carbocycles. The van der Waals surface area contributed by atoms with Gasteiger partial charge in [-0.1, -0.05) is 79.0 Å². The number of likely N-dealkylation sites (tertiary alicyclic amines) is 1. The van der Waals surface area contributed by atoms with E-state index in [1.807, 2.05) is 41.5 Å². The van der Waals surface area contributed by atoms with Crippen LogP contribution in [0, 0.1) is 17.8 Å². The number of ether oxygens (including phenoxy) is 1. The Hall–Kier alpha value is -7.10. The molecule has 5 rings (SSSR count). The van der Waals surface area contributed by atoms with E-state index in [0.29, 0.717) is 63.6 Å². The molecule has 12 amide bonds. The largest absolute Gasteiger partial charge is 0.417 e. The third-order valence-electron chi connectivity index (χ3n) is 19.8. The molecule has 97 heavy (non-hydrogen) atoms. The van der Waals surface area contributed by atoms with Crippen molar-refractivity contribution in [3.63, 3.8) is 0 Å². The number of carbonyl (C=O) groups excluding carboxylic acids is 12. The van der Waals surface area contributed by atoms with Crippen molar-refractivity contribution in [1.82, 2.24) is 60.0 Å². The summed E-state index contributed by atoms with van der Waals surface area (Å²) >= 11 is 6.08. The molecule has 4 fully saturated rings. The van der Waals surface area contributed by atoms with Gasteiger partial charge in [-0.2, -0.15) is 13.2 Å². The zero-order chi connectivity index (χ0) is 72.5. The lowest BCUT2D eigenvalue weighted by Gasteiger charge is -2.45. The van der Waals surface area contributed by atoms with E-state index < -0.39 is 167 Å². The van der Waals surface area contributed by atoms with Crippen LogP contribution in [0.1, 0.15) is 156 Å². The monoisotopic (exact) mass is 1390 g/mol. The highest BCUT2D eigenvalue weighted by atomic mass is 35.5. The minimum atomic E-state index is -4.74. The van der Waals surface area contributed by atoms with Gasteiger partial charge in [0.2, 0.25) is 70.9 Å². The smallest absolute Gasteiger partial charge is 0.379 e. The van der Waals surface area contributed by atoms with Crippen molar-refractivity contribution < 1.29 is 75.4 Å². The van der Waals surface area contributed by atoms with Crippen LogP contribution in [0.15, 0.2) is 18.2 Å². The van der Waals surface area contributed by atoms with E-state index in [9.17, 15) is 70.7 Å². The van der Waals surface area contributed by atoms with Crippen LogP contribution in [0.3, 0.4) is 0 Å². The summed E-state index contributed by atoms with van der Waals surface area (Å²) in [5.74, 6) is -8.51. The van der Waals surface area contributed by atoms with Crippen LogP contribution < -0.4 is 16.0 Å². The zero-order valence-electron chi connectivity index (χ0n) is 59.3. The number of nitrogens with one attached hydrogen (secondary N) is 3. The zero-order valence-corrected chi connectivity index (χ0v) is 60.0. The molecule has 4 saturated heterocycles. The SMILES string of the molecule is CCCOC[C@H]1C(=O)N(C)CC(=O)N[C@@H](CCc2ccc(C(F)(F)F)c(Cl)c2)C(=O)N2CCC[C@H]2C(=O)NCCCCC(=O)N(C)[C@@H]([C@@H](C)CC)C(=O)N(C)[C@H](C(=O)N2CCCC2)CC(=O)N(C)C(CC(C)C)C(=O)N[C@@H]([C@@H](C)CC)C(=O)N(C)[C@@H](C)C(=O)N2CCC2C(=O)N1C. The van der Waals surface area contributed by atoms with Gasteiger partial charge in [0.25, 0.3) is 0 Å². The highest BCUT2D eigenvalue weighted by Crippen LogP contribution is 2.36.